The van der Waals surface area contributed by atoms with Gasteiger partial charge in [-0.15, -0.1) is 0 Å². The summed E-state index contributed by atoms with van der Waals surface area (Å²) in [5.41, 5.74) is 0. The van der Waals surface area contributed by atoms with Crippen molar-refractivity contribution in [1.29, 1.82) is 0 Å². The predicted molar refractivity (Wildman–Crippen MR) is 51.8 cm³/mol. The molecule has 4 heteroatoms. The highest BCUT2D eigenvalue weighted by Gasteiger charge is 2.32. The summed E-state index contributed by atoms with van der Waals surface area (Å²) in [5, 5.41) is 11.4. The normalized spacial score (nSPS) is 17.5. The molecular weight excluding hydrogens is 182 g/mol. The van der Waals surface area contributed by atoms with Crippen molar-refractivity contribution in [3.05, 3.63) is 0 Å². The number of amides is 1. The summed E-state index contributed by atoms with van der Waals surface area (Å²) in [7, 11) is 0. The van der Waals surface area contributed by atoms with Gasteiger partial charge in [0.05, 0.1) is 0 Å². The van der Waals surface area contributed by atoms with Gasteiger partial charge in [-0.2, -0.15) is 0 Å². The van der Waals surface area contributed by atoms with Gasteiger partial charge in [-0.1, -0.05) is 19.8 Å². The molecule has 1 atom stereocenters. The van der Waals surface area contributed by atoms with Crippen molar-refractivity contribution in [2.45, 2.75) is 45.1 Å². The first-order valence-electron chi connectivity index (χ1n) is 5.18. The number of hydrogen-bond donors (Lipinski definition) is 2. The van der Waals surface area contributed by atoms with Crippen molar-refractivity contribution in [3.63, 3.8) is 0 Å². The average Bonchev–Trinajstić information content (AvgIpc) is 2.94. The van der Waals surface area contributed by atoms with E-state index in [0.29, 0.717) is 6.42 Å². The van der Waals surface area contributed by atoms with Crippen LogP contribution in [0.3, 0.4) is 0 Å². The zero-order valence-electron chi connectivity index (χ0n) is 8.45. The van der Waals surface area contributed by atoms with Crippen LogP contribution in [0.1, 0.15) is 39.0 Å². The zero-order chi connectivity index (χ0) is 10.6. The summed E-state index contributed by atoms with van der Waals surface area (Å²) < 4.78 is 0. The molecule has 0 aromatic rings. The van der Waals surface area contributed by atoms with E-state index in [9.17, 15) is 9.59 Å². The highest BCUT2D eigenvalue weighted by Crippen LogP contribution is 2.29. The smallest absolute Gasteiger partial charge is 0.326 e. The van der Waals surface area contributed by atoms with Gasteiger partial charge < -0.3 is 10.4 Å². The van der Waals surface area contributed by atoms with Crippen LogP contribution in [-0.2, 0) is 9.59 Å². The van der Waals surface area contributed by atoms with E-state index < -0.39 is 12.0 Å². The Labute approximate surface area is 83.7 Å². The predicted octanol–water partition coefficient (Wildman–Crippen LogP) is 1.16. The minimum absolute atomic E-state index is 0.0819. The average molecular weight is 199 g/mol. The van der Waals surface area contributed by atoms with E-state index in [1.807, 2.05) is 6.92 Å². The monoisotopic (exact) mass is 199 g/mol. The van der Waals surface area contributed by atoms with Gasteiger partial charge in [0.15, 0.2) is 0 Å². The molecule has 1 unspecified atom stereocenters. The number of unbranched alkanes of at least 4 members (excludes halogenated alkanes) is 1. The Kier molecular flexibility index (Phi) is 3.92. The molecule has 1 aliphatic rings. The fraction of sp³-hybridized carbons (Fsp3) is 0.800. The van der Waals surface area contributed by atoms with E-state index in [2.05, 4.69) is 5.32 Å². The van der Waals surface area contributed by atoms with E-state index in [0.717, 1.165) is 25.7 Å². The first-order valence-corrected chi connectivity index (χ1v) is 5.18. The quantitative estimate of drug-likeness (QED) is 0.674. The lowest BCUT2D eigenvalue weighted by atomic mass is 10.1. The number of carboxylic acid groups (broad SMARTS) is 1. The standard InChI is InChI=1S/C10H17NO3/c1-2-3-4-8(10(13)14)11-9(12)7-5-6-7/h7-8H,2-6H2,1H3,(H,11,12)(H,13,14). The van der Waals surface area contributed by atoms with Crippen LogP contribution in [0, 0.1) is 5.92 Å². The van der Waals surface area contributed by atoms with Gasteiger partial charge in [0.2, 0.25) is 5.91 Å². The molecule has 2 N–H and O–H groups in total. The van der Waals surface area contributed by atoms with E-state index in [1.165, 1.54) is 0 Å². The summed E-state index contributed by atoms with van der Waals surface area (Å²) in [5.74, 6) is -0.931. The minimum atomic E-state index is -0.924. The molecule has 1 fully saturated rings. The molecule has 0 spiro atoms. The number of rotatable bonds is 6. The first-order chi connectivity index (χ1) is 6.65. The van der Waals surface area contributed by atoms with Gasteiger partial charge in [0.1, 0.15) is 6.04 Å². The summed E-state index contributed by atoms with van der Waals surface area (Å²) in [4.78, 5) is 22.1. The van der Waals surface area contributed by atoms with Gasteiger partial charge in [-0.3, -0.25) is 4.79 Å². The van der Waals surface area contributed by atoms with Crippen molar-refractivity contribution < 1.29 is 14.7 Å². The Morgan fingerprint density at radius 1 is 1.50 bits per heavy atom. The molecule has 0 aromatic carbocycles. The van der Waals surface area contributed by atoms with Crippen LogP contribution in [0.5, 0.6) is 0 Å². The van der Waals surface area contributed by atoms with Crippen molar-refractivity contribution in [2.24, 2.45) is 5.92 Å². The number of carbonyl (C=O) groups is 2. The lowest BCUT2D eigenvalue weighted by Crippen LogP contribution is -2.41. The van der Waals surface area contributed by atoms with Gasteiger partial charge in [0.25, 0.3) is 0 Å². The fourth-order valence-electron chi connectivity index (χ4n) is 1.30. The topological polar surface area (TPSA) is 66.4 Å². The Balaban J connectivity index is 2.33. The van der Waals surface area contributed by atoms with E-state index >= 15 is 0 Å². The SMILES string of the molecule is CCCCC(NC(=O)C1CC1)C(=O)O. The molecular formula is C10H17NO3. The summed E-state index contributed by atoms with van der Waals surface area (Å²) in [6.45, 7) is 2.00. The summed E-state index contributed by atoms with van der Waals surface area (Å²) >= 11 is 0. The number of carbonyl (C=O) groups excluding carboxylic acids is 1. The Morgan fingerprint density at radius 3 is 2.57 bits per heavy atom. The second-order valence-corrected chi connectivity index (χ2v) is 3.82. The van der Waals surface area contributed by atoms with Crippen LogP contribution >= 0.6 is 0 Å². The molecule has 0 aromatic heterocycles. The summed E-state index contributed by atoms with van der Waals surface area (Å²) in [6.07, 6.45) is 4.13. The lowest BCUT2D eigenvalue weighted by Gasteiger charge is -2.13. The van der Waals surface area contributed by atoms with Crippen molar-refractivity contribution in [3.8, 4) is 0 Å². The van der Waals surface area contributed by atoms with Crippen LogP contribution in [0.15, 0.2) is 0 Å². The molecule has 0 bridgehead atoms. The van der Waals surface area contributed by atoms with Gasteiger partial charge in [0, 0.05) is 5.92 Å². The van der Waals surface area contributed by atoms with E-state index in [-0.39, 0.29) is 11.8 Å². The minimum Gasteiger partial charge on any atom is -0.480 e. The van der Waals surface area contributed by atoms with Crippen LogP contribution in [0.4, 0.5) is 0 Å². The molecule has 0 heterocycles. The van der Waals surface area contributed by atoms with Gasteiger partial charge in [-0.05, 0) is 19.3 Å². The molecule has 1 amide bonds. The van der Waals surface area contributed by atoms with Crippen molar-refractivity contribution in [2.75, 3.05) is 0 Å². The second kappa shape index (κ2) is 4.98. The highest BCUT2D eigenvalue weighted by atomic mass is 16.4. The van der Waals surface area contributed by atoms with Crippen LogP contribution in [-0.4, -0.2) is 23.0 Å². The largest absolute Gasteiger partial charge is 0.480 e. The molecule has 4 nitrogen and oxygen atoms in total. The maximum atomic E-state index is 11.3. The second-order valence-electron chi connectivity index (χ2n) is 3.82. The number of aliphatic carboxylic acids is 1. The third kappa shape index (κ3) is 3.36. The Hall–Kier alpha value is -1.06. The molecule has 80 valence electrons. The molecule has 0 radical (unpaired) electrons. The van der Waals surface area contributed by atoms with Gasteiger partial charge >= 0.3 is 5.97 Å². The molecule has 1 rings (SSSR count). The maximum Gasteiger partial charge on any atom is 0.326 e. The van der Waals surface area contributed by atoms with Crippen LogP contribution in [0.25, 0.3) is 0 Å². The first kappa shape index (κ1) is 11.0. The summed E-state index contributed by atoms with van der Waals surface area (Å²) in [6, 6.07) is -0.692. The Morgan fingerprint density at radius 2 is 2.14 bits per heavy atom. The molecule has 14 heavy (non-hydrogen) atoms. The third-order valence-electron chi connectivity index (χ3n) is 2.41. The van der Waals surface area contributed by atoms with Crippen LogP contribution < -0.4 is 5.32 Å². The zero-order valence-corrected chi connectivity index (χ0v) is 8.45. The maximum absolute atomic E-state index is 11.3. The number of nitrogens with one attached hydrogen (secondary N) is 1. The molecule has 0 saturated heterocycles. The Bertz CT molecular complexity index is 223. The van der Waals surface area contributed by atoms with Crippen molar-refractivity contribution in [1.82, 2.24) is 5.32 Å². The van der Waals surface area contributed by atoms with Gasteiger partial charge in [-0.25, -0.2) is 4.79 Å². The van der Waals surface area contributed by atoms with E-state index in [4.69, 9.17) is 5.11 Å². The fourth-order valence-corrected chi connectivity index (χ4v) is 1.30. The van der Waals surface area contributed by atoms with Crippen molar-refractivity contribution >= 4 is 11.9 Å². The third-order valence-corrected chi connectivity index (χ3v) is 2.41. The molecule has 1 aliphatic carbocycles. The lowest BCUT2D eigenvalue weighted by molar-refractivity contribution is -0.142. The highest BCUT2D eigenvalue weighted by molar-refractivity contribution is 5.86. The molecule has 1 saturated carbocycles. The van der Waals surface area contributed by atoms with Crippen LogP contribution in [0.2, 0.25) is 0 Å². The number of carboxylic acids is 1. The van der Waals surface area contributed by atoms with E-state index in [1.54, 1.807) is 0 Å². The number of hydrogen-bond acceptors (Lipinski definition) is 2. The molecule has 0 aliphatic heterocycles.